The van der Waals surface area contributed by atoms with Crippen molar-refractivity contribution in [2.45, 2.75) is 315 Å². The molecule has 9 nitrogen and oxygen atoms in total. The van der Waals surface area contributed by atoms with E-state index in [1.165, 1.54) is 199 Å². The number of carbonyl (C=O) groups excluding carboxylic acids is 2. The number of esters is 1. The van der Waals surface area contributed by atoms with Gasteiger partial charge in [-0.15, -0.1) is 0 Å². The quantitative estimate of drug-likeness (QED) is 0.0212. The monoisotopic (exact) mass is 1050 g/mol. The number of unbranched alkanes of at least 4 members (excludes halogenated alkanes) is 37. The Hall–Kier alpha value is -1.77. The molecule has 0 aromatic heterocycles. The van der Waals surface area contributed by atoms with Gasteiger partial charge in [0.1, 0.15) is 19.3 Å². The number of nitrogens with zero attached hydrogens (tertiary/aromatic N) is 1. The van der Waals surface area contributed by atoms with Gasteiger partial charge in [0, 0.05) is 12.8 Å². The second-order valence-corrected chi connectivity index (χ2v) is 24.0. The molecule has 3 atom stereocenters. The Balaban J connectivity index is 5.22. The summed E-state index contributed by atoms with van der Waals surface area (Å²) >= 11 is 0. The summed E-state index contributed by atoms with van der Waals surface area (Å²) in [5.74, 6) is -0.550. The van der Waals surface area contributed by atoms with Crippen molar-refractivity contribution in [3.63, 3.8) is 0 Å². The van der Waals surface area contributed by atoms with Crippen molar-refractivity contribution in [3.8, 4) is 0 Å². The van der Waals surface area contributed by atoms with Crippen LogP contribution in [0.4, 0.5) is 0 Å². The van der Waals surface area contributed by atoms with Crippen molar-refractivity contribution >= 4 is 19.7 Å². The first-order valence-electron chi connectivity index (χ1n) is 31.3. The van der Waals surface area contributed by atoms with E-state index in [-0.39, 0.29) is 24.9 Å². The van der Waals surface area contributed by atoms with Crippen molar-refractivity contribution < 1.29 is 37.3 Å². The number of rotatable bonds is 57. The van der Waals surface area contributed by atoms with Crippen LogP contribution in [0.1, 0.15) is 303 Å². The lowest BCUT2D eigenvalue weighted by Gasteiger charge is -2.30. The second-order valence-electron chi connectivity index (χ2n) is 22.6. The predicted molar refractivity (Wildman–Crippen MR) is 312 cm³/mol. The van der Waals surface area contributed by atoms with Gasteiger partial charge in [0.05, 0.1) is 33.8 Å². The number of nitrogens with one attached hydrogen (secondary N) is 1. The standard InChI is InChI=1S/C63H121N2O7P/c1-7-10-13-16-19-22-25-28-29-30-31-32-33-34-35-38-41-44-47-50-53-56-63(67)72-61(54-51-48-45-42-39-36-26-23-20-17-14-11-8-2)60(59-71-73(68,69)70-58-57-65(4,5)6)64-62(66)55-52-49-46-43-40-37-27-24-21-18-15-12-9-3/h28-29,37,40,51,54,60-61H,7-27,30-36,38-39,41-50,52-53,55-59H2,1-6H3,(H-,64,66,68,69)/b29-28+,40-37-,54-51-. The number of phosphoric ester groups is 1. The average Bonchev–Trinajstić information content (AvgIpc) is 3.35. The lowest BCUT2D eigenvalue weighted by Crippen LogP contribution is -2.47. The zero-order chi connectivity index (χ0) is 53.6. The number of likely N-dealkylation sites (N-methyl/N-ethyl adjacent to an activating group) is 1. The summed E-state index contributed by atoms with van der Waals surface area (Å²) in [6, 6.07) is -0.893. The maximum absolute atomic E-state index is 13.5. The molecule has 0 saturated heterocycles. The van der Waals surface area contributed by atoms with Crippen LogP contribution >= 0.6 is 7.82 Å². The minimum absolute atomic E-state index is 0.0233. The molecule has 73 heavy (non-hydrogen) atoms. The highest BCUT2D eigenvalue weighted by atomic mass is 31.2. The summed E-state index contributed by atoms with van der Waals surface area (Å²) < 4.78 is 30.3. The number of quaternary nitrogens is 1. The Labute approximate surface area is 453 Å². The predicted octanol–water partition coefficient (Wildman–Crippen LogP) is 18.5. The molecular weight excluding hydrogens is 928 g/mol. The SMILES string of the molecule is CCCCCCCC/C=C\CCCCCC(=O)NC(COP(=O)([O-])OCC[N+](C)(C)C)C(/C=C\CCCCCCCCCCCCC)OC(=O)CCCCCCCCCCCCC/C=C/CCCCCCCC. The third kappa shape index (κ3) is 54.8. The third-order valence-corrected chi connectivity index (χ3v) is 15.0. The Morgan fingerprint density at radius 1 is 0.466 bits per heavy atom. The summed E-state index contributed by atoms with van der Waals surface area (Å²) in [7, 11) is 1.18. The minimum Gasteiger partial charge on any atom is -0.756 e. The van der Waals surface area contributed by atoms with Crippen LogP contribution in [0.25, 0.3) is 0 Å². The minimum atomic E-state index is -4.70. The van der Waals surface area contributed by atoms with Gasteiger partial charge in [-0.2, -0.15) is 0 Å². The Bertz CT molecular complexity index is 1350. The fourth-order valence-electron chi connectivity index (χ4n) is 9.16. The second kappa shape index (κ2) is 53.6. The highest BCUT2D eigenvalue weighted by Gasteiger charge is 2.27. The molecule has 0 saturated carbocycles. The lowest BCUT2D eigenvalue weighted by atomic mass is 10.0. The van der Waals surface area contributed by atoms with Crippen LogP contribution in [0.3, 0.4) is 0 Å². The van der Waals surface area contributed by atoms with Crippen LogP contribution < -0.4 is 10.2 Å². The molecule has 0 aliphatic rings. The van der Waals surface area contributed by atoms with Crippen LogP contribution in [0, 0.1) is 0 Å². The van der Waals surface area contributed by atoms with Gasteiger partial charge in [0.15, 0.2) is 0 Å². The van der Waals surface area contributed by atoms with Crippen molar-refractivity contribution in [1.29, 1.82) is 0 Å². The highest BCUT2D eigenvalue weighted by Crippen LogP contribution is 2.38. The molecule has 1 amide bonds. The van der Waals surface area contributed by atoms with Gasteiger partial charge in [-0.1, -0.05) is 244 Å². The number of hydrogen-bond donors (Lipinski definition) is 1. The van der Waals surface area contributed by atoms with Gasteiger partial charge in [0.25, 0.3) is 7.82 Å². The zero-order valence-corrected chi connectivity index (χ0v) is 50.0. The molecule has 0 fully saturated rings. The maximum atomic E-state index is 13.5. The highest BCUT2D eigenvalue weighted by molar-refractivity contribution is 7.45. The van der Waals surface area contributed by atoms with E-state index in [2.05, 4.69) is 50.4 Å². The summed E-state index contributed by atoms with van der Waals surface area (Å²) in [5, 5.41) is 3.02. The molecule has 0 aromatic rings. The van der Waals surface area contributed by atoms with Crippen LogP contribution in [-0.4, -0.2) is 69.4 Å². The van der Waals surface area contributed by atoms with Gasteiger partial charge in [-0.25, -0.2) is 0 Å². The number of ether oxygens (including phenoxy) is 1. The molecule has 0 aromatic carbocycles. The zero-order valence-electron chi connectivity index (χ0n) is 49.1. The van der Waals surface area contributed by atoms with E-state index in [0.717, 1.165) is 70.6 Å². The molecule has 10 heteroatoms. The number of amides is 1. The van der Waals surface area contributed by atoms with E-state index < -0.39 is 26.6 Å². The summed E-state index contributed by atoms with van der Waals surface area (Å²) in [6.45, 7) is 6.85. The van der Waals surface area contributed by atoms with E-state index >= 15 is 0 Å². The van der Waals surface area contributed by atoms with Crippen molar-refractivity contribution in [1.82, 2.24) is 5.32 Å². The number of allylic oxidation sites excluding steroid dienone is 5. The van der Waals surface area contributed by atoms with Crippen LogP contribution in [0.2, 0.25) is 0 Å². The van der Waals surface area contributed by atoms with Gasteiger partial charge in [-0.05, 0) is 83.1 Å². The van der Waals surface area contributed by atoms with Gasteiger partial charge in [0.2, 0.25) is 5.91 Å². The molecule has 0 aliphatic heterocycles. The van der Waals surface area contributed by atoms with Gasteiger partial charge in [-0.3, -0.25) is 14.2 Å². The number of phosphoric acid groups is 1. The molecular formula is C63H121N2O7P. The number of carbonyl (C=O) groups is 2. The molecule has 0 spiro atoms. The average molecular weight is 1050 g/mol. The summed E-state index contributed by atoms with van der Waals surface area (Å²) in [6.07, 6.45) is 64.0. The largest absolute Gasteiger partial charge is 0.756 e. The Kier molecular flexibility index (Phi) is 52.3. The first kappa shape index (κ1) is 71.2. The van der Waals surface area contributed by atoms with E-state index in [0.29, 0.717) is 17.4 Å². The van der Waals surface area contributed by atoms with E-state index in [1.807, 2.05) is 33.3 Å². The molecule has 0 aliphatic carbocycles. The van der Waals surface area contributed by atoms with Crippen LogP contribution in [0.5, 0.6) is 0 Å². The normalized spacial score (nSPS) is 13.9. The van der Waals surface area contributed by atoms with E-state index in [1.54, 1.807) is 0 Å². The summed E-state index contributed by atoms with van der Waals surface area (Å²) in [4.78, 5) is 39.9. The van der Waals surface area contributed by atoms with Gasteiger partial charge >= 0.3 is 5.97 Å². The fraction of sp³-hybridized carbons (Fsp3) is 0.873. The molecule has 1 N–H and O–H groups in total. The molecule has 0 rings (SSSR count). The fourth-order valence-corrected chi connectivity index (χ4v) is 9.88. The molecule has 0 bridgehead atoms. The van der Waals surface area contributed by atoms with Crippen molar-refractivity contribution in [2.75, 3.05) is 40.9 Å². The van der Waals surface area contributed by atoms with E-state index in [9.17, 15) is 19.0 Å². The third-order valence-electron chi connectivity index (χ3n) is 14.0. The van der Waals surface area contributed by atoms with Crippen LogP contribution in [0.15, 0.2) is 36.5 Å². The van der Waals surface area contributed by atoms with Crippen molar-refractivity contribution in [2.24, 2.45) is 0 Å². The van der Waals surface area contributed by atoms with Gasteiger partial charge < -0.3 is 28.5 Å². The molecule has 0 heterocycles. The Morgan fingerprint density at radius 2 is 0.795 bits per heavy atom. The smallest absolute Gasteiger partial charge is 0.306 e. The maximum Gasteiger partial charge on any atom is 0.306 e. The topological polar surface area (TPSA) is 114 Å². The van der Waals surface area contributed by atoms with E-state index in [4.69, 9.17) is 13.8 Å². The van der Waals surface area contributed by atoms with Crippen LogP contribution in [-0.2, 0) is 27.9 Å². The molecule has 0 radical (unpaired) electrons. The summed E-state index contributed by atoms with van der Waals surface area (Å²) in [5.41, 5.74) is 0. The first-order valence-corrected chi connectivity index (χ1v) is 32.8. The molecule has 430 valence electrons. The van der Waals surface area contributed by atoms with Crippen molar-refractivity contribution in [3.05, 3.63) is 36.5 Å². The Morgan fingerprint density at radius 3 is 1.18 bits per heavy atom. The number of hydrogen-bond acceptors (Lipinski definition) is 7. The lowest BCUT2D eigenvalue weighted by molar-refractivity contribution is -0.870. The molecule has 3 unspecified atom stereocenters. The first-order chi connectivity index (χ1) is 35.4.